The average Bonchev–Trinajstić information content (AvgIpc) is 3.09. The van der Waals surface area contributed by atoms with Gasteiger partial charge in [0.15, 0.2) is 11.7 Å². The number of halogens is 4. The Hall–Kier alpha value is -0.700. The van der Waals surface area contributed by atoms with E-state index < -0.39 is 17.5 Å². The van der Waals surface area contributed by atoms with Crippen molar-refractivity contribution in [3.05, 3.63) is 16.1 Å². The van der Waals surface area contributed by atoms with E-state index in [9.17, 15) is 18.3 Å². The number of aliphatic imine (C=N–C) groups is 1. The molecule has 0 spiro atoms. The van der Waals surface area contributed by atoms with Gasteiger partial charge in [0.2, 0.25) is 0 Å². The highest BCUT2D eigenvalue weighted by Gasteiger charge is 2.33. The van der Waals surface area contributed by atoms with E-state index in [-0.39, 0.29) is 30.5 Å². The number of aliphatic hydroxyl groups is 1. The van der Waals surface area contributed by atoms with Crippen molar-refractivity contribution in [2.75, 3.05) is 52.5 Å². The minimum Gasteiger partial charge on any atom is -0.387 e. The Morgan fingerprint density at radius 3 is 2.62 bits per heavy atom. The molecule has 0 bridgehead atoms. The molecule has 12 heteroatoms. The van der Waals surface area contributed by atoms with Gasteiger partial charge in [0.25, 0.3) is 0 Å². The van der Waals surface area contributed by atoms with E-state index in [4.69, 9.17) is 4.74 Å². The van der Waals surface area contributed by atoms with Crippen molar-refractivity contribution < 1.29 is 23.0 Å². The van der Waals surface area contributed by atoms with Crippen molar-refractivity contribution in [2.24, 2.45) is 4.99 Å². The van der Waals surface area contributed by atoms with Crippen LogP contribution in [0.3, 0.4) is 0 Å². The highest BCUT2D eigenvalue weighted by molar-refractivity contribution is 14.0. The molecule has 0 aliphatic carbocycles. The van der Waals surface area contributed by atoms with Crippen LogP contribution in [0.5, 0.6) is 0 Å². The summed E-state index contributed by atoms with van der Waals surface area (Å²) in [5.74, 6) is 0.511. The van der Waals surface area contributed by atoms with Gasteiger partial charge in [0, 0.05) is 44.5 Å². The van der Waals surface area contributed by atoms with Gasteiger partial charge >= 0.3 is 6.18 Å². The standard InChI is InChI=1S/C17H28F3N5O2S.HI/c1-3-21-15(22-5-4-14-24-13(10-28-14)17(18,19)20)23-11-16(2,26)12-25-6-8-27-9-7-25;/h10,26H,3-9,11-12H2,1-2H3,(H2,21,22,23);1H. The smallest absolute Gasteiger partial charge is 0.387 e. The number of morpholine rings is 1. The lowest BCUT2D eigenvalue weighted by atomic mass is 10.1. The molecule has 0 amide bonds. The first-order valence-corrected chi connectivity index (χ1v) is 10.1. The molecule has 7 nitrogen and oxygen atoms in total. The summed E-state index contributed by atoms with van der Waals surface area (Å²) in [5.41, 5.74) is -1.84. The molecule has 2 heterocycles. The molecule has 0 saturated carbocycles. The van der Waals surface area contributed by atoms with Crippen LogP contribution < -0.4 is 10.6 Å². The van der Waals surface area contributed by atoms with E-state index in [1.165, 1.54) is 0 Å². The first-order chi connectivity index (χ1) is 13.2. The number of alkyl halides is 3. The van der Waals surface area contributed by atoms with Gasteiger partial charge in [-0.2, -0.15) is 13.2 Å². The molecule has 1 saturated heterocycles. The van der Waals surface area contributed by atoms with Gasteiger partial charge in [-0.1, -0.05) is 0 Å². The van der Waals surface area contributed by atoms with E-state index in [1.54, 1.807) is 6.92 Å². The van der Waals surface area contributed by atoms with Gasteiger partial charge in [0.05, 0.1) is 30.4 Å². The number of nitrogens with zero attached hydrogens (tertiary/aromatic N) is 3. The van der Waals surface area contributed by atoms with E-state index in [0.717, 1.165) is 29.8 Å². The number of aromatic nitrogens is 1. The number of hydrogen-bond donors (Lipinski definition) is 3. The third-order valence-corrected chi connectivity index (χ3v) is 4.97. The van der Waals surface area contributed by atoms with Crippen LogP contribution in [0.25, 0.3) is 0 Å². The lowest BCUT2D eigenvalue weighted by molar-refractivity contribution is -0.140. The number of ether oxygens (including phenoxy) is 1. The van der Waals surface area contributed by atoms with Gasteiger partial charge in [0.1, 0.15) is 0 Å². The lowest BCUT2D eigenvalue weighted by Crippen LogP contribution is -2.48. The molecule has 0 radical (unpaired) electrons. The highest BCUT2D eigenvalue weighted by Crippen LogP contribution is 2.29. The monoisotopic (exact) mass is 551 g/mol. The summed E-state index contributed by atoms with van der Waals surface area (Å²) in [6.45, 7) is 8.27. The molecule has 168 valence electrons. The van der Waals surface area contributed by atoms with Crippen LogP contribution in [0.15, 0.2) is 10.4 Å². The molecule has 1 aliphatic heterocycles. The summed E-state index contributed by atoms with van der Waals surface area (Å²) in [6, 6.07) is 0. The van der Waals surface area contributed by atoms with Crippen LogP contribution in [0.4, 0.5) is 13.2 Å². The summed E-state index contributed by atoms with van der Waals surface area (Å²) < 4.78 is 43.1. The zero-order valence-electron chi connectivity index (χ0n) is 16.6. The van der Waals surface area contributed by atoms with Crippen LogP contribution in [-0.4, -0.2) is 79.0 Å². The summed E-state index contributed by atoms with van der Waals surface area (Å²) in [4.78, 5) is 10.2. The summed E-state index contributed by atoms with van der Waals surface area (Å²) in [7, 11) is 0. The van der Waals surface area contributed by atoms with Crippen LogP contribution >= 0.6 is 35.3 Å². The summed E-state index contributed by atoms with van der Waals surface area (Å²) in [6.07, 6.45) is -4.06. The molecule has 3 N–H and O–H groups in total. The number of rotatable bonds is 8. The molecule has 1 unspecified atom stereocenters. The van der Waals surface area contributed by atoms with Crippen LogP contribution in [-0.2, 0) is 17.3 Å². The number of nitrogens with one attached hydrogen (secondary N) is 2. The fourth-order valence-corrected chi connectivity index (χ4v) is 3.53. The normalized spacial score (nSPS) is 18.1. The predicted octanol–water partition coefficient (Wildman–Crippen LogP) is 1.96. The zero-order valence-corrected chi connectivity index (χ0v) is 19.7. The Morgan fingerprint density at radius 2 is 2.03 bits per heavy atom. The highest BCUT2D eigenvalue weighted by atomic mass is 127. The first-order valence-electron chi connectivity index (χ1n) is 9.26. The maximum Gasteiger partial charge on any atom is 0.434 e. The van der Waals surface area contributed by atoms with E-state index in [2.05, 4.69) is 25.5 Å². The Labute approximate surface area is 190 Å². The number of hydrogen-bond acceptors (Lipinski definition) is 6. The van der Waals surface area contributed by atoms with Gasteiger partial charge < -0.3 is 20.5 Å². The quantitative estimate of drug-likeness (QED) is 0.261. The molecule has 2 rings (SSSR count). The molecular formula is C17H29F3IN5O2S. The Bertz CT molecular complexity index is 637. The number of guanidine groups is 1. The maximum absolute atomic E-state index is 12.6. The van der Waals surface area contributed by atoms with Gasteiger partial charge in [-0.3, -0.25) is 9.89 Å². The summed E-state index contributed by atoms with van der Waals surface area (Å²) in [5, 5.41) is 18.2. The second kappa shape index (κ2) is 12.2. The SMILES string of the molecule is CCNC(=NCC(C)(O)CN1CCOCC1)NCCc1nc(C(F)(F)F)cs1.I. The Balaban J connectivity index is 0.00000420. The molecule has 0 aromatic carbocycles. The van der Waals surface area contributed by atoms with E-state index in [1.807, 2.05) is 6.92 Å². The number of β-amino-alcohol motifs (C(OH)–C–C–N with tert-alkyl or cyclic N) is 1. The average molecular weight is 551 g/mol. The maximum atomic E-state index is 12.6. The first kappa shape index (κ1) is 26.3. The lowest BCUT2D eigenvalue weighted by Gasteiger charge is -2.33. The molecular weight excluding hydrogens is 522 g/mol. The third-order valence-electron chi connectivity index (χ3n) is 4.06. The number of thiazole rings is 1. The minimum absolute atomic E-state index is 0. The van der Waals surface area contributed by atoms with Crippen molar-refractivity contribution in [1.82, 2.24) is 20.5 Å². The fourth-order valence-electron chi connectivity index (χ4n) is 2.73. The topological polar surface area (TPSA) is 82.0 Å². The second-order valence-electron chi connectivity index (χ2n) is 6.88. The van der Waals surface area contributed by atoms with Crippen molar-refractivity contribution >= 4 is 41.3 Å². The second-order valence-corrected chi connectivity index (χ2v) is 7.82. The minimum atomic E-state index is -4.41. The fraction of sp³-hybridized carbons (Fsp3) is 0.765. The predicted molar refractivity (Wildman–Crippen MR) is 118 cm³/mol. The van der Waals surface area contributed by atoms with E-state index >= 15 is 0 Å². The van der Waals surface area contributed by atoms with Gasteiger partial charge in [-0.05, 0) is 13.8 Å². The Kier molecular flexibility index (Phi) is 11.1. The molecule has 1 fully saturated rings. The molecule has 1 aromatic heterocycles. The molecule has 1 aliphatic rings. The van der Waals surface area contributed by atoms with E-state index in [0.29, 0.717) is 50.2 Å². The van der Waals surface area contributed by atoms with Crippen LogP contribution in [0, 0.1) is 0 Å². The van der Waals surface area contributed by atoms with Gasteiger partial charge in [-0.15, -0.1) is 35.3 Å². The van der Waals surface area contributed by atoms with Crippen molar-refractivity contribution in [1.29, 1.82) is 0 Å². The third kappa shape index (κ3) is 9.77. The zero-order chi connectivity index (χ0) is 20.6. The Morgan fingerprint density at radius 1 is 1.34 bits per heavy atom. The van der Waals surface area contributed by atoms with Crippen molar-refractivity contribution in [3.8, 4) is 0 Å². The molecule has 1 aromatic rings. The van der Waals surface area contributed by atoms with Crippen LogP contribution in [0.1, 0.15) is 24.5 Å². The summed E-state index contributed by atoms with van der Waals surface area (Å²) >= 11 is 0.991. The molecule has 29 heavy (non-hydrogen) atoms. The largest absolute Gasteiger partial charge is 0.434 e. The van der Waals surface area contributed by atoms with Gasteiger partial charge in [-0.25, -0.2) is 4.98 Å². The van der Waals surface area contributed by atoms with Crippen molar-refractivity contribution in [3.63, 3.8) is 0 Å². The van der Waals surface area contributed by atoms with Crippen molar-refractivity contribution in [2.45, 2.75) is 32.0 Å². The molecule has 1 atom stereocenters. The van der Waals surface area contributed by atoms with Crippen LogP contribution in [0.2, 0.25) is 0 Å².